The molecule has 2 N–H and O–H groups in total. The number of hydrogen-bond donors (Lipinski definition) is 2. The summed E-state index contributed by atoms with van der Waals surface area (Å²) in [5.41, 5.74) is 2.01. The predicted molar refractivity (Wildman–Crippen MR) is 99.5 cm³/mol. The van der Waals surface area contributed by atoms with E-state index in [1.54, 1.807) is 11.3 Å². The Labute approximate surface area is 146 Å². The van der Waals surface area contributed by atoms with E-state index in [-0.39, 0.29) is 0 Å². The molecule has 0 atom stereocenters. The Kier molecular flexibility index (Phi) is 6.67. The van der Waals surface area contributed by atoms with E-state index in [0.717, 1.165) is 33.9 Å². The molecule has 0 radical (unpaired) electrons. The van der Waals surface area contributed by atoms with Gasteiger partial charge in [0.05, 0.1) is 18.8 Å². The maximum Gasteiger partial charge on any atom is 0.191 e. The summed E-state index contributed by atoms with van der Waals surface area (Å²) < 4.78 is 0. The predicted octanol–water partition coefficient (Wildman–Crippen LogP) is 3.12. The first-order chi connectivity index (χ1) is 11.1. The van der Waals surface area contributed by atoms with E-state index < -0.39 is 0 Å². The van der Waals surface area contributed by atoms with Gasteiger partial charge in [0.2, 0.25) is 0 Å². The highest BCUT2D eigenvalue weighted by atomic mass is 35.5. The minimum absolute atomic E-state index is 0.537. The second kappa shape index (κ2) is 8.74. The molecule has 0 aliphatic rings. The van der Waals surface area contributed by atoms with Crippen LogP contribution in [-0.4, -0.2) is 31.6 Å². The number of rotatable bonds is 6. The summed E-state index contributed by atoms with van der Waals surface area (Å²) >= 11 is 7.80. The lowest BCUT2D eigenvalue weighted by Gasteiger charge is -2.11. The highest BCUT2D eigenvalue weighted by Crippen LogP contribution is 2.18. The van der Waals surface area contributed by atoms with Crippen molar-refractivity contribution >= 4 is 34.0 Å². The number of aliphatic imine (C=N–C) groups is 1. The Morgan fingerprint density at radius 3 is 2.74 bits per heavy atom. The Bertz CT molecular complexity index is 653. The Morgan fingerprint density at radius 2 is 2.09 bits per heavy atom. The van der Waals surface area contributed by atoms with Gasteiger partial charge in [0.25, 0.3) is 0 Å². The van der Waals surface area contributed by atoms with Crippen molar-refractivity contribution in [2.45, 2.75) is 20.0 Å². The third-order valence-electron chi connectivity index (χ3n) is 3.07. The van der Waals surface area contributed by atoms with Gasteiger partial charge < -0.3 is 15.5 Å². The third-order valence-corrected chi connectivity index (χ3v) is 4.49. The fourth-order valence-corrected chi connectivity index (χ4v) is 2.84. The molecule has 0 aliphatic carbocycles. The lowest BCUT2D eigenvalue weighted by atomic mass is 10.2. The van der Waals surface area contributed by atoms with Gasteiger partial charge in [-0.05, 0) is 18.6 Å². The number of thiazole rings is 1. The van der Waals surface area contributed by atoms with E-state index in [1.165, 1.54) is 0 Å². The van der Waals surface area contributed by atoms with Gasteiger partial charge in [0, 0.05) is 31.0 Å². The third kappa shape index (κ3) is 5.41. The highest BCUT2D eigenvalue weighted by molar-refractivity contribution is 7.13. The van der Waals surface area contributed by atoms with Gasteiger partial charge in [-0.25, -0.2) is 9.98 Å². The average Bonchev–Trinajstić information content (AvgIpc) is 3.00. The maximum atomic E-state index is 6.17. The van der Waals surface area contributed by atoms with Crippen LogP contribution in [0.25, 0.3) is 0 Å². The lowest BCUT2D eigenvalue weighted by molar-refractivity contribution is 0.803. The molecule has 124 valence electrons. The number of halogens is 1. The molecule has 0 aliphatic heterocycles. The van der Waals surface area contributed by atoms with Crippen LogP contribution in [0.15, 0.2) is 34.6 Å². The SMILES string of the molecule is CCNC(=NCc1ccccc1Cl)NCc1csc(N(C)C)n1. The van der Waals surface area contributed by atoms with Crippen molar-refractivity contribution in [1.82, 2.24) is 15.6 Å². The number of benzene rings is 1. The molecule has 1 heterocycles. The van der Waals surface area contributed by atoms with Gasteiger partial charge in [-0.15, -0.1) is 11.3 Å². The first kappa shape index (κ1) is 17.6. The fourth-order valence-electron chi connectivity index (χ4n) is 1.89. The van der Waals surface area contributed by atoms with Crippen molar-refractivity contribution in [3.8, 4) is 0 Å². The van der Waals surface area contributed by atoms with Crippen LogP contribution in [0.2, 0.25) is 5.02 Å². The molecule has 5 nitrogen and oxygen atoms in total. The summed E-state index contributed by atoms with van der Waals surface area (Å²) in [7, 11) is 3.98. The van der Waals surface area contributed by atoms with Gasteiger partial charge in [-0.3, -0.25) is 0 Å². The van der Waals surface area contributed by atoms with Crippen molar-refractivity contribution in [3.63, 3.8) is 0 Å². The van der Waals surface area contributed by atoms with Gasteiger partial charge in [-0.2, -0.15) is 0 Å². The van der Waals surface area contributed by atoms with Crippen molar-refractivity contribution in [3.05, 3.63) is 45.9 Å². The molecule has 0 amide bonds. The van der Waals surface area contributed by atoms with Gasteiger partial charge in [0.15, 0.2) is 11.1 Å². The molecule has 1 aromatic carbocycles. The van der Waals surface area contributed by atoms with Crippen molar-refractivity contribution in [1.29, 1.82) is 0 Å². The van der Waals surface area contributed by atoms with E-state index in [9.17, 15) is 0 Å². The number of anilines is 1. The largest absolute Gasteiger partial charge is 0.357 e. The van der Waals surface area contributed by atoms with Crippen LogP contribution < -0.4 is 15.5 Å². The van der Waals surface area contributed by atoms with Crippen LogP contribution in [-0.2, 0) is 13.1 Å². The monoisotopic (exact) mass is 351 g/mol. The van der Waals surface area contributed by atoms with E-state index >= 15 is 0 Å². The molecule has 0 fully saturated rings. The van der Waals surface area contributed by atoms with Crippen LogP contribution in [0.5, 0.6) is 0 Å². The van der Waals surface area contributed by atoms with Gasteiger partial charge >= 0.3 is 0 Å². The summed E-state index contributed by atoms with van der Waals surface area (Å²) in [6.45, 7) is 4.02. The normalized spacial score (nSPS) is 11.4. The first-order valence-electron chi connectivity index (χ1n) is 7.47. The minimum atomic E-state index is 0.537. The van der Waals surface area contributed by atoms with Crippen LogP contribution in [0.1, 0.15) is 18.2 Å². The molecule has 0 unspecified atom stereocenters. The lowest BCUT2D eigenvalue weighted by Crippen LogP contribution is -2.36. The van der Waals surface area contributed by atoms with E-state index in [4.69, 9.17) is 11.6 Å². The second-order valence-corrected chi connectivity index (χ2v) is 6.40. The summed E-state index contributed by atoms with van der Waals surface area (Å²) in [6.07, 6.45) is 0. The van der Waals surface area contributed by atoms with Crippen LogP contribution >= 0.6 is 22.9 Å². The minimum Gasteiger partial charge on any atom is -0.357 e. The zero-order valence-corrected chi connectivity index (χ0v) is 15.2. The number of nitrogens with zero attached hydrogens (tertiary/aromatic N) is 3. The molecular weight excluding hydrogens is 330 g/mol. The molecule has 2 aromatic rings. The molecule has 0 bridgehead atoms. The molecule has 0 spiro atoms. The van der Waals surface area contributed by atoms with E-state index in [1.807, 2.05) is 50.2 Å². The first-order valence-corrected chi connectivity index (χ1v) is 8.73. The zero-order chi connectivity index (χ0) is 16.7. The quantitative estimate of drug-likeness (QED) is 0.620. The molecule has 7 heteroatoms. The van der Waals surface area contributed by atoms with Crippen LogP contribution in [0, 0.1) is 0 Å². The summed E-state index contributed by atoms with van der Waals surface area (Å²) in [5, 5.41) is 10.3. The summed E-state index contributed by atoms with van der Waals surface area (Å²) in [5.74, 6) is 0.756. The van der Waals surface area contributed by atoms with Crippen LogP contribution in [0.4, 0.5) is 5.13 Å². The van der Waals surface area contributed by atoms with E-state index in [0.29, 0.717) is 13.1 Å². The highest BCUT2D eigenvalue weighted by Gasteiger charge is 2.05. The molecular formula is C16H22ClN5S. The van der Waals surface area contributed by atoms with Crippen LogP contribution in [0.3, 0.4) is 0 Å². The number of hydrogen-bond acceptors (Lipinski definition) is 4. The number of aromatic nitrogens is 1. The van der Waals surface area contributed by atoms with Gasteiger partial charge in [-0.1, -0.05) is 29.8 Å². The van der Waals surface area contributed by atoms with Crippen molar-refractivity contribution < 1.29 is 0 Å². The smallest absolute Gasteiger partial charge is 0.191 e. The second-order valence-electron chi connectivity index (χ2n) is 5.16. The standard InChI is InChI=1S/C16H22ClN5S/c1-4-18-15(19-9-12-7-5-6-8-14(12)17)20-10-13-11-23-16(21-13)22(2)3/h5-8,11H,4,9-10H2,1-3H3,(H2,18,19,20). The Morgan fingerprint density at radius 1 is 1.30 bits per heavy atom. The molecule has 1 aromatic heterocycles. The fraction of sp³-hybridized carbons (Fsp3) is 0.375. The molecule has 0 saturated carbocycles. The summed E-state index contributed by atoms with van der Waals surface area (Å²) in [6, 6.07) is 7.75. The van der Waals surface area contributed by atoms with Gasteiger partial charge in [0.1, 0.15) is 0 Å². The number of guanidine groups is 1. The maximum absolute atomic E-state index is 6.17. The molecule has 0 saturated heterocycles. The number of nitrogens with one attached hydrogen (secondary N) is 2. The zero-order valence-electron chi connectivity index (χ0n) is 13.6. The molecule has 2 rings (SSSR count). The Balaban J connectivity index is 1.97. The van der Waals surface area contributed by atoms with Crippen molar-refractivity contribution in [2.75, 3.05) is 25.5 Å². The van der Waals surface area contributed by atoms with E-state index in [2.05, 4.69) is 26.0 Å². The van der Waals surface area contributed by atoms with Crippen molar-refractivity contribution in [2.24, 2.45) is 4.99 Å². The Hall–Kier alpha value is -1.79. The molecule has 23 heavy (non-hydrogen) atoms. The topological polar surface area (TPSA) is 52.6 Å². The summed E-state index contributed by atoms with van der Waals surface area (Å²) in [4.78, 5) is 11.1. The average molecular weight is 352 g/mol.